The van der Waals surface area contributed by atoms with Gasteiger partial charge in [-0.3, -0.25) is 0 Å². The summed E-state index contributed by atoms with van der Waals surface area (Å²) in [4.78, 5) is 30.1. The molecule has 148 valence electrons. The summed E-state index contributed by atoms with van der Waals surface area (Å²) in [6.45, 7) is 12.2. The number of dihydropyridines is 1. The number of rotatable bonds is 7. The molecule has 0 radical (unpaired) electrons. The van der Waals surface area contributed by atoms with E-state index in [1.807, 2.05) is 46.9 Å². The Balaban J connectivity index is 2.42. The number of aromatic nitrogens is 1. The molecule has 1 aliphatic rings. The molecule has 2 heterocycles. The summed E-state index contributed by atoms with van der Waals surface area (Å²) in [5, 5.41) is 5.64. The lowest BCUT2D eigenvalue weighted by Gasteiger charge is -2.29. The molecular formula is C20H28N2O4S. The fourth-order valence-electron chi connectivity index (χ4n) is 2.80. The smallest absolute Gasteiger partial charge is 0.336 e. The summed E-state index contributed by atoms with van der Waals surface area (Å²) in [6.07, 6.45) is 1.67. The van der Waals surface area contributed by atoms with Gasteiger partial charge >= 0.3 is 11.9 Å². The molecular weight excluding hydrogens is 364 g/mol. The average Bonchev–Trinajstić information content (AvgIpc) is 3.11. The number of carbonyl (C=O) groups is 2. The molecule has 0 saturated carbocycles. The Morgan fingerprint density at radius 2 is 1.52 bits per heavy atom. The third-order valence-corrected chi connectivity index (χ3v) is 4.83. The Morgan fingerprint density at radius 3 is 1.89 bits per heavy atom. The standard InChI is InChI=1S/C20H28N2O4S/c1-11(2)9-25-19(23)15-13(5)22-14(6)16(20(24)26-10-12(3)4)17(15)18-21-7-8-27-18/h7-8,11-12,17,22H,9-10H2,1-6H3. The maximum Gasteiger partial charge on any atom is 0.336 e. The molecule has 0 spiro atoms. The first-order valence-electron chi connectivity index (χ1n) is 9.14. The van der Waals surface area contributed by atoms with Crippen molar-refractivity contribution in [2.24, 2.45) is 11.8 Å². The summed E-state index contributed by atoms with van der Waals surface area (Å²) in [5.41, 5.74) is 2.16. The molecule has 1 aromatic rings. The number of ether oxygens (including phenoxy) is 2. The molecule has 1 aliphatic heterocycles. The Kier molecular flexibility index (Phi) is 7.18. The lowest BCUT2D eigenvalue weighted by molar-refractivity contribution is -0.141. The summed E-state index contributed by atoms with van der Waals surface area (Å²) < 4.78 is 10.9. The molecule has 0 unspecified atom stereocenters. The van der Waals surface area contributed by atoms with Crippen LogP contribution in [0.4, 0.5) is 0 Å². The Bertz CT molecular complexity index is 702. The van der Waals surface area contributed by atoms with Gasteiger partial charge in [-0.2, -0.15) is 0 Å². The zero-order chi connectivity index (χ0) is 20.1. The van der Waals surface area contributed by atoms with Crippen LogP contribution in [0.5, 0.6) is 0 Å². The number of carbonyl (C=O) groups excluding carboxylic acids is 2. The molecule has 0 aliphatic carbocycles. The highest BCUT2D eigenvalue weighted by atomic mass is 32.1. The SMILES string of the molecule is CC1=C(C(=O)OCC(C)C)C(c2nccs2)C(C(=O)OCC(C)C)=C(C)N1. The van der Waals surface area contributed by atoms with Gasteiger partial charge in [0.15, 0.2) is 0 Å². The van der Waals surface area contributed by atoms with E-state index in [1.54, 1.807) is 6.20 Å². The van der Waals surface area contributed by atoms with Gasteiger partial charge in [0.2, 0.25) is 0 Å². The van der Waals surface area contributed by atoms with E-state index >= 15 is 0 Å². The van der Waals surface area contributed by atoms with Gasteiger partial charge < -0.3 is 14.8 Å². The monoisotopic (exact) mass is 392 g/mol. The first-order chi connectivity index (χ1) is 12.7. The van der Waals surface area contributed by atoms with Gasteiger partial charge in [-0.25, -0.2) is 14.6 Å². The van der Waals surface area contributed by atoms with Crippen LogP contribution in [-0.2, 0) is 19.1 Å². The van der Waals surface area contributed by atoms with Crippen LogP contribution in [0.15, 0.2) is 34.1 Å². The number of thiazole rings is 1. The van der Waals surface area contributed by atoms with Crippen LogP contribution in [0, 0.1) is 11.8 Å². The Morgan fingerprint density at radius 1 is 1.04 bits per heavy atom. The van der Waals surface area contributed by atoms with Crippen molar-refractivity contribution in [3.8, 4) is 0 Å². The third-order valence-electron chi connectivity index (χ3n) is 3.99. The van der Waals surface area contributed by atoms with Crippen molar-refractivity contribution in [3.05, 3.63) is 39.1 Å². The largest absolute Gasteiger partial charge is 0.462 e. The molecule has 6 nitrogen and oxygen atoms in total. The van der Waals surface area contributed by atoms with Crippen LogP contribution in [0.3, 0.4) is 0 Å². The topological polar surface area (TPSA) is 77.5 Å². The van der Waals surface area contributed by atoms with Crippen molar-refractivity contribution in [2.45, 2.75) is 47.5 Å². The van der Waals surface area contributed by atoms with E-state index < -0.39 is 17.9 Å². The van der Waals surface area contributed by atoms with Crippen LogP contribution >= 0.6 is 11.3 Å². The molecule has 0 atom stereocenters. The normalized spacial score (nSPS) is 15.4. The number of nitrogens with one attached hydrogen (secondary N) is 1. The molecule has 0 amide bonds. The van der Waals surface area contributed by atoms with Gasteiger partial charge in [0.1, 0.15) is 5.01 Å². The van der Waals surface area contributed by atoms with E-state index in [9.17, 15) is 9.59 Å². The molecule has 0 saturated heterocycles. The zero-order valence-electron chi connectivity index (χ0n) is 16.8. The zero-order valence-corrected chi connectivity index (χ0v) is 17.6. The summed E-state index contributed by atoms with van der Waals surface area (Å²) in [7, 11) is 0. The van der Waals surface area contributed by atoms with E-state index in [4.69, 9.17) is 9.47 Å². The van der Waals surface area contributed by atoms with E-state index in [0.717, 1.165) is 0 Å². The summed E-state index contributed by atoms with van der Waals surface area (Å²) in [5.74, 6) is -1.02. The van der Waals surface area contributed by atoms with Gasteiger partial charge in [-0.1, -0.05) is 27.7 Å². The second kappa shape index (κ2) is 9.17. The molecule has 0 aromatic carbocycles. The first kappa shape index (κ1) is 21.2. The fourth-order valence-corrected chi connectivity index (χ4v) is 3.55. The van der Waals surface area contributed by atoms with Crippen molar-refractivity contribution in [1.29, 1.82) is 0 Å². The van der Waals surface area contributed by atoms with Crippen molar-refractivity contribution < 1.29 is 19.1 Å². The van der Waals surface area contributed by atoms with Gasteiger partial charge in [-0.05, 0) is 25.7 Å². The van der Waals surface area contributed by atoms with Crippen molar-refractivity contribution in [2.75, 3.05) is 13.2 Å². The predicted molar refractivity (Wildman–Crippen MR) is 105 cm³/mol. The summed E-state index contributed by atoms with van der Waals surface area (Å²) in [6, 6.07) is 0. The van der Waals surface area contributed by atoms with Crippen LogP contribution in [0.2, 0.25) is 0 Å². The molecule has 2 rings (SSSR count). The van der Waals surface area contributed by atoms with Gasteiger partial charge in [-0.15, -0.1) is 11.3 Å². The van der Waals surface area contributed by atoms with Crippen LogP contribution in [0.25, 0.3) is 0 Å². The maximum absolute atomic E-state index is 12.8. The number of hydrogen-bond donors (Lipinski definition) is 1. The number of allylic oxidation sites excluding steroid dienone is 2. The Hall–Kier alpha value is -2.15. The van der Waals surface area contributed by atoms with E-state index in [1.165, 1.54) is 11.3 Å². The molecule has 1 aromatic heterocycles. The minimum atomic E-state index is -0.592. The molecule has 0 bridgehead atoms. The van der Waals surface area contributed by atoms with Crippen LogP contribution in [0.1, 0.15) is 52.5 Å². The number of hydrogen-bond acceptors (Lipinski definition) is 7. The van der Waals surface area contributed by atoms with E-state index in [2.05, 4.69) is 10.3 Å². The lowest BCUT2D eigenvalue weighted by Crippen LogP contribution is -2.33. The quantitative estimate of drug-likeness (QED) is 0.712. The highest BCUT2D eigenvalue weighted by Gasteiger charge is 2.39. The Labute approximate surface area is 164 Å². The van der Waals surface area contributed by atoms with E-state index in [0.29, 0.717) is 40.8 Å². The average molecular weight is 393 g/mol. The minimum absolute atomic E-state index is 0.220. The van der Waals surface area contributed by atoms with Crippen LogP contribution < -0.4 is 5.32 Å². The molecule has 7 heteroatoms. The van der Waals surface area contributed by atoms with Crippen molar-refractivity contribution in [1.82, 2.24) is 10.3 Å². The highest BCUT2D eigenvalue weighted by molar-refractivity contribution is 7.09. The molecule has 27 heavy (non-hydrogen) atoms. The molecule has 1 N–H and O–H groups in total. The third kappa shape index (κ3) is 5.19. The van der Waals surface area contributed by atoms with Gasteiger partial charge in [0.25, 0.3) is 0 Å². The summed E-state index contributed by atoms with van der Waals surface area (Å²) >= 11 is 1.40. The fraction of sp³-hybridized carbons (Fsp3) is 0.550. The number of esters is 2. The van der Waals surface area contributed by atoms with E-state index in [-0.39, 0.29) is 11.8 Å². The highest BCUT2D eigenvalue weighted by Crippen LogP contribution is 2.40. The predicted octanol–water partition coefficient (Wildman–Crippen LogP) is 3.78. The first-order valence-corrected chi connectivity index (χ1v) is 10.0. The second-order valence-corrected chi connectivity index (χ2v) is 8.42. The second-order valence-electron chi connectivity index (χ2n) is 7.49. The lowest BCUT2D eigenvalue weighted by atomic mass is 9.86. The van der Waals surface area contributed by atoms with Gasteiger partial charge in [0.05, 0.1) is 30.3 Å². The number of nitrogens with zero attached hydrogens (tertiary/aromatic N) is 1. The van der Waals surface area contributed by atoms with Crippen molar-refractivity contribution >= 4 is 23.3 Å². The van der Waals surface area contributed by atoms with Gasteiger partial charge in [0, 0.05) is 23.0 Å². The minimum Gasteiger partial charge on any atom is -0.462 e. The van der Waals surface area contributed by atoms with Crippen LogP contribution in [-0.4, -0.2) is 30.1 Å². The molecule has 0 fully saturated rings. The maximum atomic E-state index is 12.8. The van der Waals surface area contributed by atoms with Crippen molar-refractivity contribution in [3.63, 3.8) is 0 Å².